The zero-order chi connectivity index (χ0) is 32.1. The van der Waals surface area contributed by atoms with Gasteiger partial charge in [-0.3, -0.25) is 0 Å². The Bertz CT molecular complexity index is 1240. The van der Waals surface area contributed by atoms with E-state index in [9.17, 15) is 25.9 Å². The van der Waals surface area contributed by atoms with Crippen molar-refractivity contribution in [3.8, 4) is 0 Å². The molecule has 0 spiro atoms. The van der Waals surface area contributed by atoms with Crippen LogP contribution in [-0.2, 0) is 20.2 Å². The van der Waals surface area contributed by atoms with Gasteiger partial charge in [-0.05, 0) is 37.1 Å². The Morgan fingerprint density at radius 1 is 0.489 bits per heavy atom. The van der Waals surface area contributed by atoms with E-state index >= 15 is 0 Å². The normalized spacial score (nSPS) is 15.6. The summed E-state index contributed by atoms with van der Waals surface area (Å²) in [7, 11) is -9.01. The van der Waals surface area contributed by atoms with Gasteiger partial charge in [-0.2, -0.15) is 0 Å². The van der Waals surface area contributed by atoms with Gasteiger partial charge in [0.25, 0.3) is 0 Å². The van der Waals surface area contributed by atoms with Gasteiger partial charge in [0.15, 0.2) is 0 Å². The summed E-state index contributed by atoms with van der Waals surface area (Å²) in [6, 6.07) is 14.4. The van der Waals surface area contributed by atoms with Crippen LogP contribution in [0.15, 0.2) is 48.5 Å². The monoisotopic (exact) mass is 690 g/mol. The van der Waals surface area contributed by atoms with Crippen LogP contribution in [0.2, 0.25) is 0 Å². The van der Waals surface area contributed by atoms with Crippen LogP contribution in [0.5, 0.6) is 0 Å². The Hall–Kier alpha value is -1.28. The SMILES string of the molecule is CCCCCCCCCC1(S(=O)(=O)[O-])Nc2ccccc2N1.CCCCCCCCCC1(S(=O)(=O)[O-])Nc2ccccc2N1.[Ca+2]. The van der Waals surface area contributed by atoms with E-state index in [4.69, 9.17) is 0 Å². The fourth-order valence-corrected chi connectivity index (χ4v) is 7.48. The van der Waals surface area contributed by atoms with Gasteiger partial charge in [-0.25, -0.2) is 16.8 Å². The first-order chi connectivity index (χ1) is 21.0. The number of benzene rings is 2. The van der Waals surface area contributed by atoms with Gasteiger partial charge < -0.3 is 30.4 Å². The molecule has 0 saturated heterocycles. The van der Waals surface area contributed by atoms with E-state index in [-0.39, 0.29) is 50.6 Å². The van der Waals surface area contributed by atoms with E-state index < -0.39 is 30.2 Å². The zero-order valence-corrected chi connectivity index (χ0v) is 30.7. The Kier molecular flexibility index (Phi) is 16.8. The second-order valence-electron chi connectivity index (χ2n) is 11.9. The Balaban J connectivity index is 0.000000307. The summed E-state index contributed by atoms with van der Waals surface area (Å²) in [5.74, 6) is 0. The van der Waals surface area contributed by atoms with E-state index in [1.54, 1.807) is 24.3 Å². The summed E-state index contributed by atoms with van der Waals surface area (Å²) in [4.78, 5) is -3.19. The second-order valence-corrected chi connectivity index (χ2v) is 15.1. The summed E-state index contributed by atoms with van der Waals surface area (Å²) in [5, 5.41) is 11.6. The van der Waals surface area contributed by atoms with Crippen molar-refractivity contribution in [1.82, 2.24) is 0 Å². The number of rotatable bonds is 18. The molecule has 0 aliphatic carbocycles. The van der Waals surface area contributed by atoms with Gasteiger partial charge in [-0.15, -0.1) is 0 Å². The number of hydrogen-bond acceptors (Lipinski definition) is 10. The van der Waals surface area contributed by atoms with Crippen LogP contribution in [0.4, 0.5) is 22.7 Å². The number of para-hydroxylation sites is 4. The molecule has 0 aromatic heterocycles. The molecule has 13 heteroatoms. The number of fused-ring (bicyclic) bond motifs is 2. The van der Waals surface area contributed by atoms with E-state index in [1.807, 2.05) is 24.3 Å². The molecule has 45 heavy (non-hydrogen) atoms. The van der Waals surface area contributed by atoms with Crippen LogP contribution in [0.3, 0.4) is 0 Å². The van der Waals surface area contributed by atoms with Gasteiger partial charge in [-0.1, -0.05) is 115 Å². The average molecular weight is 691 g/mol. The minimum absolute atomic E-state index is 0. The Labute approximate surface area is 300 Å². The number of unbranched alkanes of at least 4 members (excludes halogenated alkanes) is 12. The van der Waals surface area contributed by atoms with E-state index in [0.29, 0.717) is 35.6 Å². The minimum atomic E-state index is -4.51. The third kappa shape index (κ3) is 11.4. The Morgan fingerprint density at radius 3 is 0.978 bits per heavy atom. The first-order valence-corrected chi connectivity index (χ1v) is 19.0. The molecule has 2 aromatic rings. The smallest absolute Gasteiger partial charge is 0.745 e. The zero-order valence-electron chi connectivity index (χ0n) is 26.9. The molecule has 0 unspecified atom stereocenters. The van der Waals surface area contributed by atoms with Crippen molar-refractivity contribution in [2.24, 2.45) is 0 Å². The molecule has 2 aromatic carbocycles. The molecule has 4 N–H and O–H groups in total. The van der Waals surface area contributed by atoms with Gasteiger partial charge in [0.1, 0.15) is 20.2 Å². The molecular formula is C32H50CaN4O6S2. The van der Waals surface area contributed by atoms with Crippen LogP contribution in [-0.4, -0.2) is 73.7 Å². The maximum atomic E-state index is 11.7. The summed E-state index contributed by atoms with van der Waals surface area (Å²) < 4.78 is 70.5. The van der Waals surface area contributed by atoms with Gasteiger partial charge in [0.05, 0.1) is 22.7 Å². The predicted octanol–water partition coefficient (Wildman–Crippen LogP) is 7.35. The molecule has 0 saturated carbocycles. The standard InChI is InChI=1S/2C16H26N2O3S.Ca/c2*1-2-3-4-5-6-7-10-13-16(22(19,20)21)17-14-11-8-9-12-15(14)18-16;/h2*8-9,11-12,17-18H,2-7,10,13H2,1H3,(H,19,20,21);/q;;+2/p-2. The van der Waals surface area contributed by atoms with Crippen molar-refractivity contribution in [3.05, 3.63) is 48.5 Å². The first-order valence-electron chi connectivity index (χ1n) is 16.2. The minimum Gasteiger partial charge on any atom is -0.745 e. The summed E-state index contributed by atoms with van der Waals surface area (Å²) >= 11 is 0. The first kappa shape index (κ1) is 39.9. The average Bonchev–Trinajstić information content (AvgIpc) is 3.56. The molecule has 0 radical (unpaired) electrons. The maximum absolute atomic E-state index is 11.7. The molecule has 2 aliphatic rings. The molecule has 0 bridgehead atoms. The summed E-state index contributed by atoms with van der Waals surface area (Å²) in [6.07, 6.45) is 15.8. The maximum Gasteiger partial charge on any atom is 2.00 e. The summed E-state index contributed by atoms with van der Waals surface area (Å²) in [5.41, 5.74) is 2.68. The number of anilines is 4. The summed E-state index contributed by atoms with van der Waals surface area (Å²) in [6.45, 7) is 4.36. The second kappa shape index (κ2) is 18.9. The van der Waals surface area contributed by atoms with Crippen LogP contribution >= 0.6 is 0 Å². The van der Waals surface area contributed by atoms with Gasteiger partial charge >= 0.3 is 37.7 Å². The molecule has 0 atom stereocenters. The van der Waals surface area contributed by atoms with Crippen LogP contribution in [0.1, 0.15) is 117 Å². The third-order valence-corrected chi connectivity index (χ3v) is 10.8. The van der Waals surface area contributed by atoms with Crippen LogP contribution < -0.4 is 21.3 Å². The molecule has 0 amide bonds. The van der Waals surface area contributed by atoms with Crippen molar-refractivity contribution in [3.63, 3.8) is 0 Å². The van der Waals surface area contributed by atoms with Crippen LogP contribution in [0, 0.1) is 0 Å². The van der Waals surface area contributed by atoms with E-state index in [1.165, 1.54) is 51.4 Å². The van der Waals surface area contributed by atoms with Crippen molar-refractivity contribution < 1.29 is 25.9 Å². The molecule has 248 valence electrons. The quantitative estimate of drug-likeness (QED) is 0.0707. The van der Waals surface area contributed by atoms with Crippen molar-refractivity contribution in [2.45, 2.75) is 127 Å². The number of nitrogens with one attached hydrogen (secondary N) is 4. The molecule has 2 aliphatic heterocycles. The van der Waals surface area contributed by atoms with Crippen molar-refractivity contribution >= 4 is 80.7 Å². The fourth-order valence-electron chi connectivity index (χ4n) is 5.75. The topological polar surface area (TPSA) is 163 Å². The van der Waals surface area contributed by atoms with Crippen molar-refractivity contribution in [1.29, 1.82) is 0 Å². The Morgan fingerprint density at radius 2 is 0.733 bits per heavy atom. The molecule has 10 nitrogen and oxygen atoms in total. The molecule has 0 fully saturated rings. The molecular weight excluding hydrogens is 641 g/mol. The fraction of sp³-hybridized carbons (Fsp3) is 0.625. The van der Waals surface area contributed by atoms with E-state index in [0.717, 1.165) is 25.7 Å². The third-order valence-electron chi connectivity index (χ3n) is 8.32. The largest absolute Gasteiger partial charge is 2.00 e. The molecule has 4 rings (SSSR count). The predicted molar refractivity (Wildman–Crippen MR) is 183 cm³/mol. The van der Waals surface area contributed by atoms with Crippen LogP contribution in [0.25, 0.3) is 0 Å². The van der Waals surface area contributed by atoms with Gasteiger partial charge in [0, 0.05) is 12.8 Å². The van der Waals surface area contributed by atoms with Gasteiger partial charge in [0.2, 0.25) is 9.99 Å². The number of hydrogen-bond donors (Lipinski definition) is 4. The molecule has 2 heterocycles. The van der Waals surface area contributed by atoms with Crippen molar-refractivity contribution in [2.75, 3.05) is 21.3 Å². The van der Waals surface area contributed by atoms with E-state index in [2.05, 4.69) is 35.1 Å².